The highest BCUT2D eigenvalue weighted by molar-refractivity contribution is 6.23. The molecule has 8 rings (SSSR count). The van der Waals surface area contributed by atoms with Crippen LogP contribution in [-0.4, -0.2) is 37.4 Å². The Kier molecular flexibility index (Phi) is 6.12. The summed E-state index contributed by atoms with van der Waals surface area (Å²) in [6.07, 6.45) is 0. The molecule has 8 heteroatoms. The van der Waals surface area contributed by atoms with Crippen LogP contribution in [0.15, 0.2) is 97.1 Å². The SMILES string of the molecule is COc1cccc(NC(=O)COC(=O)c2ccc(N3C(=O)[C@H]4C5c6ccccc6C(c6ccccc65)[C@@H]4C3=O)cc2)c1. The second-order valence-corrected chi connectivity index (χ2v) is 10.7. The summed E-state index contributed by atoms with van der Waals surface area (Å²) in [5.41, 5.74) is 5.55. The molecule has 8 nitrogen and oxygen atoms in total. The van der Waals surface area contributed by atoms with E-state index in [4.69, 9.17) is 9.47 Å². The van der Waals surface area contributed by atoms with Crippen molar-refractivity contribution in [2.75, 3.05) is 23.9 Å². The molecule has 1 saturated heterocycles. The third-order valence-corrected chi connectivity index (χ3v) is 8.50. The Balaban J connectivity index is 1.08. The molecule has 1 N–H and O–H groups in total. The molecule has 0 aromatic heterocycles. The molecule has 1 aliphatic heterocycles. The number of anilines is 2. The highest BCUT2D eigenvalue weighted by Gasteiger charge is 2.61. The molecule has 42 heavy (non-hydrogen) atoms. The van der Waals surface area contributed by atoms with E-state index in [1.54, 1.807) is 36.4 Å². The average Bonchev–Trinajstić information content (AvgIpc) is 3.30. The number of methoxy groups -OCH3 is 1. The van der Waals surface area contributed by atoms with Gasteiger partial charge in [0.25, 0.3) is 5.91 Å². The molecule has 4 aliphatic rings. The molecule has 0 unspecified atom stereocenters. The second kappa shape index (κ2) is 9.99. The molecule has 3 aliphatic carbocycles. The number of ether oxygens (including phenoxy) is 2. The van der Waals surface area contributed by atoms with E-state index in [1.807, 2.05) is 24.3 Å². The lowest BCUT2D eigenvalue weighted by molar-refractivity contribution is -0.122. The molecule has 0 spiro atoms. The number of hydrogen-bond acceptors (Lipinski definition) is 6. The maximum Gasteiger partial charge on any atom is 0.338 e. The molecule has 0 saturated carbocycles. The van der Waals surface area contributed by atoms with Crippen molar-refractivity contribution in [3.63, 3.8) is 0 Å². The predicted molar refractivity (Wildman–Crippen MR) is 154 cm³/mol. The normalized spacial score (nSPS) is 21.3. The smallest absolute Gasteiger partial charge is 0.338 e. The van der Waals surface area contributed by atoms with Crippen molar-refractivity contribution in [3.8, 4) is 5.75 Å². The minimum absolute atomic E-state index is 0.189. The molecule has 1 fully saturated rings. The second-order valence-electron chi connectivity index (χ2n) is 10.7. The molecule has 0 radical (unpaired) electrons. The molecule has 1 heterocycles. The highest BCUT2D eigenvalue weighted by atomic mass is 16.5. The van der Waals surface area contributed by atoms with E-state index in [1.165, 1.54) is 24.1 Å². The number of carbonyl (C=O) groups is 4. The Labute approximate surface area is 241 Å². The number of amides is 3. The van der Waals surface area contributed by atoms with Crippen LogP contribution < -0.4 is 15.0 Å². The lowest BCUT2D eigenvalue weighted by Crippen LogP contribution is -2.41. The maximum atomic E-state index is 13.9. The van der Waals surface area contributed by atoms with E-state index in [2.05, 4.69) is 29.6 Å². The van der Waals surface area contributed by atoms with Gasteiger partial charge in [-0.1, -0.05) is 54.6 Å². The summed E-state index contributed by atoms with van der Waals surface area (Å²) in [6, 6.07) is 29.2. The Bertz CT molecular complexity index is 1650. The zero-order valence-electron chi connectivity index (χ0n) is 22.7. The van der Waals surface area contributed by atoms with Crippen LogP contribution in [0.5, 0.6) is 5.75 Å². The van der Waals surface area contributed by atoms with Crippen molar-refractivity contribution in [1.82, 2.24) is 0 Å². The van der Waals surface area contributed by atoms with Gasteiger partial charge in [0.1, 0.15) is 5.75 Å². The first-order valence-corrected chi connectivity index (χ1v) is 13.7. The fourth-order valence-electron chi connectivity index (χ4n) is 6.79. The van der Waals surface area contributed by atoms with Crippen LogP contribution in [0.1, 0.15) is 44.4 Å². The van der Waals surface area contributed by atoms with E-state index >= 15 is 0 Å². The molecule has 4 aromatic rings. The van der Waals surface area contributed by atoms with Gasteiger partial charge in [-0.3, -0.25) is 14.4 Å². The molecular formula is C34H26N2O6. The number of nitrogens with zero attached hydrogens (tertiary/aromatic N) is 1. The minimum Gasteiger partial charge on any atom is -0.497 e. The largest absolute Gasteiger partial charge is 0.497 e. The van der Waals surface area contributed by atoms with Gasteiger partial charge in [-0.15, -0.1) is 0 Å². The van der Waals surface area contributed by atoms with Gasteiger partial charge < -0.3 is 14.8 Å². The highest BCUT2D eigenvalue weighted by Crippen LogP contribution is 2.61. The molecule has 3 amide bonds. The summed E-state index contributed by atoms with van der Waals surface area (Å²) in [7, 11) is 1.53. The first-order valence-electron chi connectivity index (χ1n) is 13.7. The molecule has 2 atom stereocenters. The van der Waals surface area contributed by atoms with Crippen molar-refractivity contribution in [3.05, 3.63) is 125 Å². The van der Waals surface area contributed by atoms with Crippen LogP contribution in [0, 0.1) is 11.8 Å². The van der Waals surface area contributed by atoms with Gasteiger partial charge in [0.2, 0.25) is 11.8 Å². The van der Waals surface area contributed by atoms with E-state index in [0.717, 1.165) is 22.3 Å². The third kappa shape index (κ3) is 3.98. The lowest BCUT2D eigenvalue weighted by atomic mass is 9.55. The number of esters is 1. The van der Waals surface area contributed by atoms with Crippen molar-refractivity contribution in [2.24, 2.45) is 11.8 Å². The van der Waals surface area contributed by atoms with E-state index in [9.17, 15) is 19.2 Å². The van der Waals surface area contributed by atoms with E-state index in [0.29, 0.717) is 17.1 Å². The summed E-state index contributed by atoms with van der Waals surface area (Å²) in [5, 5.41) is 2.65. The minimum atomic E-state index is -0.695. The molecule has 208 valence electrons. The molecule has 4 aromatic carbocycles. The van der Waals surface area contributed by atoms with Crippen LogP contribution in [-0.2, 0) is 19.1 Å². The van der Waals surface area contributed by atoms with Crippen LogP contribution in [0.4, 0.5) is 11.4 Å². The summed E-state index contributed by atoms with van der Waals surface area (Å²) < 4.78 is 10.3. The van der Waals surface area contributed by atoms with Crippen molar-refractivity contribution in [1.29, 1.82) is 0 Å². The monoisotopic (exact) mass is 558 g/mol. The summed E-state index contributed by atoms with van der Waals surface area (Å²) >= 11 is 0. The van der Waals surface area contributed by atoms with Gasteiger partial charge in [0, 0.05) is 23.6 Å². The number of hydrogen-bond donors (Lipinski definition) is 1. The number of carbonyl (C=O) groups excluding carboxylic acids is 4. The Morgan fingerprint density at radius 3 is 1.81 bits per heavy atom. The fourth-order valence-corrected chi connectivity index (χ4v) is 6.79. The first-order chi connectivity index (χ1) is 20.5. The van der Waals surface area contributed by atoms with E-state index in [-0.39, 0.29) is 29.2 Å². The van der Waals surface area contributed by atoms with Crippen LogP contribution in [0.25, 0.3) is 0 Å². The predicted octanol–water partition coefficient (Wildman–Crippen LogP) is 4.89. The number of nitrogens with one attached hydrogen (secondary N) is 1. The number of rotatable bonds is 6. The quantitative estimate of drug-likeness (QED) is 0.267. The van der Waals surface area contributed by atoms with Gasteiger partial charge in [0.05, 0.1) is 30.2 Å². The topological polar surface area (TPSA) is 102 Å². The van der Waals surface area contributed by atoms with Gasteiger partial charge in [0.15, 0.2) is 6.61 Å². The Morgan fingerprint density at radius 2 is 1.29 bits per heavy atom. The first kappa shape index (κ1) is 25.7. The lowest BCUT2D eigenvalue weighted by Gasteiger charge is -2.45. The van der Waals surface area contributed by atoms with E-state index < -0.39 is 30.3 Å². The van der Waals surface area contributed by atoms with Crippen LogP contribution in [0.2, 0.25) is 0 Å². The van der Waals surface area contributed by atoms with Crippen molar-refractivity contribution < 1.29 is 28.7 Å². The average molecular weight is 559 g/mol. The molecular weight excluding hydrogens is 532 g/mol. The standard InChI is InChI=1S/C34H26N2O6/c1-41-22-8-6-7-20(17-22)35-27(37)18-42-34(40)19-13-15-21(16-14-19)36-32(38)30-28-23-9-2-3-10-24(23)29(31(30)33(36)39)26-12-5-4-11-25(26)28/h2-17,28-31H,18H2,1H3,(H,35,37)/t28?,29?,30-,31-/m0/s1. The zero-order chi connectivity index (χ0) is 29.0. The van der Waals surface area contributed by atoms with Crippen molar-refractivity contribution >= 4 is 35.1 Å². The summed E-state index contributed by atoms with van der Waals surface area (Å²) in [4.78, 5) is 54.0. The van der Waals surface area contributed by atoms with Crippen LogP contribution >= 0.6 is 0 Å². The van der Waals surface area contributed by atoms with Gasteiger partial charge in [-0.25, -0.2) is 9.69 Å². The van der Waals surface area contributed by atoms with Gasteiger partial charge >= 0.3 is 5.97 Å². The van der Waals surface area contributed by atoms with Crippen molar-refractivity contribution in [2.45, 2.75) is 11.8 Å². The summed E-state index contributed by atoms with van der Waals surface area (Å²) in [6.45, 7) is -0.478. The maximum absolute atomic E-state index is 13.9. The fraction of sp³-hybridized carbons (Fsp3) is 0.176. The third-order valence-electron chi connectivity index (χ3n) is 8.50. The van der Waals surface area contributed by atoms with Gasteiger partial charge in [-0.05, 0) is 58.7 Å². The zero-order valence-corrected chi connectivity index (χ0v) is 22.7. The Morgan fingerprint density at radius 1 is 0.738 bits per heavy atom. The van der Waals surface area contributed by atoms with Crippen LogP contribution in [0.3, 0.4) is 0 Å². The Hall–Kier alpha value is -5.24. The number of imide groups is 1. The summed E-state index contributed by atoms with van der Waals surface area (Å²) in [5.74, 6) is -2.42. The molecule has 2 bridgehead atoms. The van der Waals surface area contributed by atoms with Gasteiger partial charge in [-0.2, -0.15) is 0 Å². The number of benzene rings is 4.